The summed E-state index contributed by atoms with van der Waals surface area (Å²) in [5.74, 6) is 1.70. The lowest BCUT2D eigenvalue weighted by atomic mass is 10.0. The van der Waals surface area contributed by atoms with E-state index in [4.69, 9.17) is 11.6 Å². The first-order valence-electron chi connectivity index (χ1n) is 5.99. The molecule has 94 valence electrons. The molecule has 1 fully saturated rings. The van der Waals surface area contributed by atoms with Crippen molar-refractivity contribution < 1.29 is 0 Å². The van der Waals surface area contributed by atoms with Crippen LogP contribution in [0, 0.1) is 6.92 Å². The molecule has 1 aromatic rings. The zero-order valence-corrected chi connectivity index (χ0v) is 11.4. The summed E-state index contributed by atoms with van der Waals surface area (Å²) in [6.45, 7) is 3.95. The van der Waals surface area contributed by atoms with E-state index in [1.54, 1.807) is 0 Å². The number of hydrogen-bond donors (Lipinski definition) is 0. The van der Waals surface area contributed by atoms with Crippen LogP contribution in [-0.4, -0.2) is 48.1 Å². The van der Waals surface area contributed by atoms with Gasteiger partial charge in [0, 0.05) is 25.2 Å². The first-order valence-corrected chi connectivity index (χ1v) is 6.36. The smallest absolute Gasteiger partial charge is 0.134 e. The Morgan fingerprint density at radius 3 is 2.47 bits per heavy atom. The summed E-state index contributed by atoms with van der Waals surface area (Å²) in [6, 6.07) is 2.54. The molecule has 0 atom stereocenters. The minimum atomic E-state index is 0.530. The second kappa shape index (κ2) is 5.19. The summed E-state index contributed by atoms with van der Waals surface area (Å²) in [4.78, 5) is 13.1. The van der Waals surface area contributed by atoms with Gasteiger partial charge in [-0.1, -0.05) is 11.6 Å². The van der Waals surface area contributed by atoms with Crippen molar-refractivity contribution in [3.63, 3.8) is 0 Å². The van der Waals surface area contributed by atoms with Gasteiger partial charge in [-0.3, -0.25) is 0 Å². The van der Waals surface area contributed by atoms with Crippen molar-refractivity contribution in [3.05, 3.63) is 17.0 Å². The van der Waals surface area contributed by atoms with Gasteiger partial charge in [-0.05, 0) is 33.9 Å². The molecule has 2 heterocycles. The number of aryl methyl sites for hydroxylation is 1. The number of piperidine rings is 1. The van der Waals surface area contributed by atoms with Gasteiger partial charge >= 0.3 is 0 Å². The standard InChI is InChI=1S/C12H19ClN4/c1-9-14-11(13)8-12(15-9)17-6-4-10(5-7-17)16(2)3/h8,10H,4-7H2,1-3H3. The van der Waals surface area contributed by atoms with Crippen LogP contribution in [0.1, 0.15) is 18.7 Å². The van der Waals surface area contributed by atoms with Gasteiger partial charge in [0.2, 0.25) is 0 Å². The molecule has 0 bridgehead atoms. The minimum Gasteiger partial charge on any atom is -0.356 e. The molecule has 1 saturated heterocycles. The van der Waals surface area contributed by atoms with Crippen LogP contribution in [0.25, 0.3) is 0 Å². The van der Waals surface area contributed by atoms with Gasteiger partial charge in [0.1, 0.15) is 16.8 Å². The number of nitrogens with zero attached hydrogens (tertiary/aromatic N) is 4. The molecule has 1 aromatic heterocycles. The van der Waals surface area contributed by atoms with Gasteiger partial charge in [-0.2, -0.15) is 0 Å². The first-order chi connectivity index (χ1) is 8.06. The van der Waals surface area contributed by atoms with E-state index in [9.17, 15) is 0 Å². The van der Waals surface area contributed by atoms with Crippen LogP contribution in [0.5, 0.6) is 0 Å². The highest BCUT2D eigenvalue weighted by atomic mass is 35.5. The molecule has 0 saturated carbocycles. The highest BCUT2D eigenvalue weighted by molar-refractivity contribution is 6.29. The van der Waals surface area contributed by atoms with Gasteiger partial charge in [-0.25, -0.2) is 9.97 Å². The lowest BCUT2D eigenvalue weighted by Gasteiger charge is -2.35. The van der Waals surface area contributed by atoms with Crippen molar-refractivity contribution in [3.8, 4) is 0 Å². The molecule has 0 spiro atoms. The quantitative estimate of drug-likeness (QED) is 0.756. The minimum absolute atomic E-state index is 0.530. The third-order valence-electron chi connectivity index (χ3n) is 3.31. The Hall–Kier alpha value is -0.870. The monoisotopic (exact) mass is 254 g/mol. The van der Waals surface area contributed by atoms with E-state index in [0.717, 1.165) is 24.7 Å². The summed E-state index contributed by atoms with van der Waals surface area (Å²) in [5, 5.41) is 0.530. The van der Waals surface area contributed by atoms with Gasteiger partial charge in [-0.15, -0.1) is 0 Å². The fourth-order valence-electron chi connectivity index (χ4n) is 2.29. The summed E-state index contributed by atoms with van der Waals surface area (Å²) >= 11 is 5.96. The number of anilines is 1. The molecule has 0 N–H and O–H groups in total. The van der Waals surface area contributed by atoms with Crippen molar-refractivity contribution in [1.29, 1.82) is 0 Å². The van der Waals surface area contributed by atoms with E-state index in [2.05, 4.69) is 33.9 Å². The number of halogens is 1. The molecule has 2 rings (SSSR count). The third kappa shape index (κ3) is 3.07. The highest BCUT2D eigenvalue weighted by Crippen LogP contribution is 2.21. The third-order valence-corrected chi connectivity index (χ3v) is 3.51. The normalized spacial score (nSPS) is 17.8. The van der Waals surface area contributed by atoms with E-state index in [-0.39, 0.29) is 0 Å². The second-order valence-corrected chi connectivity index (χ2v) is 5.17. The average molecular weight is 255 g/mol. The Balaban J connectivity index is 2.05. The fourth-order valence-corrected chi connectivity index (χ4v) is 2.51. The lowest BCUT2D eigenvalue weighted by molar-refractivity contribution is 0.249. The van der Waals surface area contributed by atoms with Crippen LogP contribution >= 0.6 is 11.6 Å². The van der Waals surface area contributed by atoms with E-state index in [1.807, 2.05) is 13.0 Å². The zero-order valence-electron chi connectivity index (χ0n) is 10.6. The van der Waals surface area contributed by atoms with Crippen LogP contribution in [0.15, 0.2) is 6.07 Å². The molecular weight excluding hydrogens is 236 g/mol. The summed E-state index contributed by atoms with van der Waals surface area (Å²) in [6.07, 6.45) is 2.35. The van der Waals surface area contributed by atoms with Gasteiger partial charge in [0.15, 0.2) is 0 Å². The summed E-state index contributed by atoms with van der Waals surface area (Å²) < 4.78 is 0. The van der Waals surface area contributed by atoms with Crippen LogP contribution in [-0.2, 0) is 0 Å². The van der Waals surface area contributed by atoms with E-state index >= 15 is 0 Å². The SMILES string of the molecule is Cc1nc(Cl)cc(N2CCC(N(C)C)CC2)n1. The molecule has 0 aromatic carbocycles. The maximum Gasteiger partial charge on any atom is 0.134 e. The predicted octanol–water partition coefficient (Wildman–Crippen LogP) is 1.97. The number of rotatable bonds is 2. The molecule has 4 nitrogen and oxygen atoms in total. The lowest BCUT2D eigenvalue weighted by Crippen LogP contribution is -2.42. The molecule has 0 aliphatic carbocycles. The molecule has 1 aliphatic rings. The number of hydrogen-bond acceptors (Lipinski definition) is 4. The van der Waals surface area contributed by atoms with E-state index < -0.39 is 0 Å². The summed E-state index contributed by atoms with van der Waals surface area (Å²) in [5.41, 5.74) is 0. The van der Waals surface area contributed by atoms with Crippen molar-refractivity contribution in [2.45, 2.75) is 25.8 Å². The van der Waals surface area contributed by atoms with Crippen molar-refractivity contribution in [1.82, 2.24) is 14.9 Å². The van der Waals surface area contributed by atoms with Crippen LogP contribution in [0.4, 0.5) is 5.82 Å². The summed E-state index contributed by atoms with van der Waals surface area (Å²) in [7, 11) is 4.29. The second-order valence-electron chi connectivity index (χ2n) is 4.78. The molecular formula is C12H19ClN4. The molecule has 0 amide bonds. The molecule has 1 aliphatic heterocycles. The Morgan fingerprint density at radius 1 is 1.29 bits per heavy atom. The average Bonchev–Trinajstić information content (AvgIpc) is 2.28. The molecule has 17 heavy (non-hydrogen) atoms. The van der Waals surface area contributed by atoms with Gasteiger partial charge < -0.3 is 9.80 Å². The molecule has 5 heteroatoms. The Bertz CT molecular complexity index is 366. The van der Waals surface area contributed by atoms with Crippen LogP contribution < -0.4 is 4.90 Å². The van der Waals surface area contributed by atoms with Gasteiger partial charge in [0.25, 0.3) is 0 Å². The van der Waals surface area contributed by atoms with E-state index in [1.165, 1.54) is 12.8 Å². The Morgan fingerprint density at radius 2 is 1.94 bits per heavy atom. The van der Waals surface area contributed by atoms with E-state index in [0.29, 0.717) is 11.2 Å². The predicted molar refractivity (Wildman–Crippen MR) is 70.7 cm³/mol. The van der Waals surface area contributed by atoms with Gasteiger partial charge in [0.05, 0.1) is 0 Å². The Labute approximate surface area is 108 Å². The Kier molecular flexibility index (Phi) is 3.84. The van der Waals surface area contributed by atoms with Crippen molar-refractivity contribution in [2.24, 2.45) is 0 Å². The first kappa shape index (κ1) is 12.6. The van der Waals surface area contributed by atoms with Crippen LogP contribution in [0.2, 0.25) is 5.15 Å². The fraction of sp³-hybridized carbons (Fsp3) is 0.667. The number of aromatic nitrogens is 2. The van der Waals surface area contributed by atoms with Crippen molar-refractivity contribution >= 4 is 17.4 Å². The maximum absolute atomic E-state index is 5.96. The maximum atomic E-state index is 5.96. The molecule has 0 radical (unpaired) electrons. The highest BCUT2D eigenvalue weighted by Gasteiger charge is 2.21. The van der Waals surface area contributed by atoms with Crippen molar-refractivity contribution in [2.75, 3.05) is 32.1 Å². The largest absolute Gasteiger partial charge is 0.356 e. The topological polar surface area (TPSA) is 32.3 Å². The molecule has 0 unspecified atom stereocenters. The van der Waals surface area contributed by atoms with Crippen LogP contribution in [0.3, 0.4) is 0 Å². The zero-order chi connectivity index (χ0) is 12.4.